The molecule has 2 aliphatic heterocycles. The highest BCUT2D eigenvalue weighted by atomic mass is 32.1. The third-order valence-electron chi connectivity index (χ3n) is 5.21. The van der Waals surface area contributed by atoms with Crippen LogP contribution in [0.25, 0.3) is 0 Å². The Balaban J connectivity index is 1.40. The Hall–Kier alpha value is -1.73. The zero-order valence-electron chi connectivity index (χ0n) is 14.2. The molecule has 0 saturated carbocycles. The number of amides is 1. The summed E-state index contributed by atoms with van der Waals surface area (Å²) >= 11 is 1.62. The molecule has 0 bridgehead atoms. The van der Waals surface area contributed by atoms with Crippen molar-refractivity contribution in [2.45, 2.75) is 32.9 Å². The Labute approximate surface area is 146 Å². The Morgan fingerprint density at radius 3 is 2.88 bits per heavy atom. The van der Waals surface area contributed by atoms with Crippen molar-refractivity contribution in [3.8, 4) is 0 Å². The summed E-state index contributed by atoms with van der Waals surface area (Å²) in [5, 5.41) is 4.43. The van der Waals surface area contributed by atoms with Crippen molar-refractivity contribution < 1.29 is 4.79 Å². The van der Waals surface area contributed by atoms with Crippen LogP contribution in [0.2, 0.25) is 0 Å². The van der Waals surface area contributed by atoms with Gasteiger partial charge in [-0.2, -0.15) is 5.10 Å². The van der Waals surface area contributed by atoms with Gasteiger partial charge in [0.1, 0.15) is 0 Å². The molecule has 1 unspecified atom stereocenters. The highest BCUT2D eigenvalue weighted by molar-refractivity contribution is 7.09. The second kappa shape index (κ2) is 5.97. The number of carbonyl (C=O) groups is 1. The van der Waals surface area contributed by atoms with E-state index in [1.807, 2.05) is 35.3 Å². The molecule has 2 aromatic heterocycles. The maximum Gasteiger partial charge on any atom is 0.232 e. The summed E-state index contributed by atoms with van der Waals surface area (Å²) in [7, 11) is 1.99. The maximum absolute atomic E-state index is 12.8. The van der Waals surface area contributed by atoms with Gasteiger partial charge in [-0.05, 0) is 32.4 Å². The van der Waals surface area contributed by atoms with Gasteiger partial charge in [0.25, 0.3) is 0 Å². The lowest BCUT2D eigenvalue weighted by Crippen LogP contribution is -2.66. The molecule has 0 aliphatic carbocycles. The van der Waals surface area contributed by atoms with Gasteiger partial charge < -0.3 is 4.90 Å². The highest BCUT2D eigenvalue weighted by Crippen LogP contribution is 2.41. The van der Waals surface area contributed by atoms with Crippen LogP contribution in [0.4, 0.5) is 0 Å². The first-order valence-electron chi connectivity index (χ1n) is 8.44. The summed E-state index contributed by atoms with van der Waals surface area (Å²) in [6.45, 7) is 6.43. The van der Waals surface area contributed by atoms with Crippen LogP contribution >= 0.6 is 11.3 Å². The molecular formula is C17H23N5OS. The summed E-state index contributed by atoms with van der Waals surface area (Å²) < 4.78 is 1.95. The molecule has 1 spiro atoms. The smallest absolute Gasteiger partial charge is 0.232 e. The summed E-state index contributed by atoms with van der Waals surface area (Å²) in [5.74, 6) is 0.321. The summed E-state index contributed by atoms with van der Waals surface area (Å²) in [4.78, 5) is 22.5. The number of likely N-dealkylation sites (tertiary alicyclic amines) is 2. The van der Waals surface area contributed by atoms with E-state index in [0.29, 0.717) is 12.5 Å². The molecule has 4 rings (SSSR count). The number of rotatable bonds is 4. The SMILES string of the molecule is Cc1cc(CN2CCCC3(C2)CN(Cc2cncs2)C3=O)n(C)n1. The lowest BCUT2D eigenvalue weighted by Gasteiger charge is -2.53. The number of hydrogen-bond acceptors (Lipinski definition) is 5. The molecular weight excluding hydrogens is 322 g/mol. The van der Waals surface area contributed by atoms with Gasteiger partial charge in [-0.1, -0.05) is 0 Å². The quantitative estimate of drug-likeness (QED) is 0.793. The predicted octanol–water partition coefficient (Wildman–Crippen LogP) is 1.81. The minimum atomic E-state index is -0.156. The second-order valence-corrected chi connectivity index (χ2v) is 8.10. The van der Waals surface area contributed by atoms with Crippen molar-refractivity contribution in [1.82, 2.24) is 24.6 Å². The minimum absolute atomic E-state index is 0.156. The molecule has 2 aliphatic rings. The molecule has 7 heteroatoms. The summed E-state index contributed by atoms with van der Waals surface area (Å²) in [6.07, 6.45) is 3.98. The molecule has 6 nitrogen and oxygen atoms in total. The summed E-state index contributed by atoms with van der Waals surface area (Å²) in [5.41, 5.74) is 3.94. The molecule has 128 valence electrons. The third kappa shape index (κ3) is 2.75. The molecule has 4 heterocycles. The molecule has 0 radical (unpaired) electrons. The number of aryl methyl sites for hydroxylation is 2. The number of nitrogens with zero attached hydrogens (tertiary/aromatic N) is 5. The lowest BCUT2D eigenvalue weighted by molar-refractivity contribution is -0.167. The third-order valence-corrected chi connectivity index (χ3v) is 5.97. The van der Waals surface area contributed by atoms with Gasteiger partial charge in [-0.25, -0.2) is 0 Å². The standard InChI is InChI=1S/C17H23N5OS/c1-13-6-14(20(2)19-13)8-21-5-3-4-17(10-21)11-22(16(17)23)9-15-7-18-12-24-15/h6-7,12H,3-5,8-11H2,1-2H3. The van der Waals surface area contributed by atoms with Gasteiger partial charge in [-0.15, -0.1) is 11.3 Å². The largest absolute Gasteiger partial charge is 0.336 e. The normalized spacial score (nSPS) is 24.6. The van der Waals surface area contributed by atoms with Crippen molar-refractivity contribution in [2.75, 3.05) is 19.6 Å². The molecule has 1 atom stereocenters. The topological polar surface area (TPSA) is 54.3 Å². The van der Waals surface area contributed by atoms with Crippen LogP contribution in [-0.4, -0.2) is 50.1 Å². The average Bonchev–Trinajstić information content (AvgIpc) is 3.17. The minimum Gasteiger partial charge on any atom is -0.336 e. The van der Waals surface area contributed by atoms with E-state index >= 15 is 0 Å². The summed E-state index contributed by atoms with van der Waals surface area (Å²) in [6, 6.07) is 2.14. The van der Waals surface area contributed by atoms with E-state index < -0.39 is 0 Å². The van der Waals surface area contributed by atoms with Gasteiger partial charge in [-0.3, -0.25) is 19.4 Å². The molecule has 0 aromatic carbocycles. The molecule has 0 N–H and O–H groups in total. The Morgan fingerprint density at radius 2 is 2.21 bits per heavy atom. The van der Waals surface area contributed by atoms with Gasteiger partial charge in [0.15, 0.2) is 0 Å². The maximum atomic E-state index is 12.8. The highest BCUT2D eigenvalue weighted by Gasteiger charge is 2.53. The molecule has 2 saturated heterocycles. The van der Waals surface area contributed by atoms with Crippen LogP contribution in [0.15, 0.2) is 17.8 Å². The van der Waals surface area contributed by atoms with E-state index in [1.54, 1.807) is 11.3 Å². The Kier molecular flexibility index (Phi) is 3.92. The Bertz CT molecular complexity index is 740. The van der Waals surface area contributed by atoms with E-state index in [-0.39, 0.29) is 5.41 Å². The van der Waals surface area contributed by atoms with Gasteiger partial charge in [0.05, 0.1) is 28.9 Å². The van der Waals surface area contributed by atoms with Crippen LogP contribution in [0.3, 0.4) is 0 Å². The van der Waals surface area contributed by atoms with E-state index in [4.69, 9.17) is 0 Å². The molecule has 2 fully saturated rings. The van der Waals surface area contributed by atoms with Gasteiger partial charge >= 0.3 is 0 Å². The van der Waals surface area contributed by atoms with Crippen molar-refractivity contribution >= 4 is 17.2 Å². The molecule has 2 aromatic rings. The first-order valence-corrected chi connectivity index (χ1v) is 9.32. The van der Waals surface area contributed by atoms with E-state index in [1.165, 1.54) is 5.69 Å². The number of aromatic nitrogens is 3. The monoisotopic (exact) mass is 345 g/mol. The second-order valence-electron chi connectivity index (χ2n) is 7.12. The fourth-order valence-corrected chi connectivity index (χ4v) is 4.70. The first-order chi connectivity index (χ1) is 11.6. The number of carbonyl (C=O) groups excluding carboxylic acids is 1. The van der Waals surface area contributed by atoms with E-state index in [2.05, 4.69) is 21.0 Å². The van der Waals surface area contributed by atoms with Crippen LogP contribution in [0.5, 0.6) is 0 Å². The number of β-lactam (4-membered cyclic amide) rings is 1. The van der Waals surface area contributed by atoms with Gasteiger partial charge in [0.2, 0.25) is 5.91 Å². The lowest BCUT2D eigenvalue weighted by atomic mass is 9.72. The van der Waals surface area contributed by atoms with E-state index in [9.17, 15) is 4.79 Å². The van der Waals surface area contributed by atoms with Crippen molar-refractivity contribution in [3.05, 3.63) is 34.0 Å². The van der Waals surface area contributed by atoms with Crippen LogP contribution in [0.1, 0.15) is 29.1 Å². The molecule has 24 heavy (non-hydrogen) atoms. The van der Waals surface area contributed by atoms with Crippen molar-refractivity contribution in [1.29, 1.82) is 0 Å². The van der Waals surface area contributed by atoms with E-state index in [0.717, 1.165) is 49.6 Å². The molecule has 1 amide bonds. The zero-order chi connectivity index (χ0) is 16.7. The van der Waals surface area contributed by atoms with Crippen molar-refractivity contribution in [2.24, 2.45) is 12.5 Å². The fraction of sp³-hybridized carbons (Fsp3) is 0.588. The number of thiazole rings is 1. The zero-order valence-corrected chi connectivity index (χ0v) is 15.1. The van der Waals surface area contributed by atoms with Gasteiger partial charge in [0, 0.05) is 37.8 Å². The number of piperidine rings is 1. The number of hydrogen-bond donors (Lipinski definition) is 0. The van der Waals surface area contributed by atoms with Crippen molar-refractivity contribution in [3.63, 3.8) is 0 Å². The van der Waals surface area contributed by atoms with Crippen LogP contribution < -0.4 is 0 Å². The fourth-order valence-electron chi connectivity index (χ4n) is 4.09. The van der Waals surface area contributed by atoms with Crippen LogP contribution in [-0.2, 0) is 24.9 Å². The first kappa shape index (κ1) is 15.8. The van der Waals surface area contributed by atoms with Crippen LogP contribution in [0, 0.1) is 12.3 Å². The average molecular weight is 345 g/mol. The Morgan fingerprint density at radius 1 is 1.33 bits per heavy atom. The predicted molar refractivity (Wildman–Crippen MR) is 92.4 cm³/mol.